The Bertz CT molecular complexity index is 914. The number of aromatic nitrogens is 4. The third kappa shape index (κ3) is 3.26. The molecule has 0 amide bonds. The maximum absolute atomic E-state index is 10.4. The van der Waals surface area contributed by atoms with E-state index in [1.54, 1.807) is 18.5 Å². The Labute approximate surface area is 156 Å². The van der Waals surface area contributed by atoms with E-state index in [9.17, 15) is 5.11 Å². The van der Waals surface area contributed by atoms with E-state index in [4.69, 9.17) is 4.74 Å². The maximum Gasteiger partial charge on any atom is 0.233 e. The predicted octanol–water partition coefficient (Wildman–Crippen LogP) is 2.90. The molecule has 2 fully saturated rings. The van der Waals surface area contributed by atoms with Gasteiger partial charge in [0, 0.05) is 35.5 Å². The minimum Gasteiger partial charge on any atom is -0.507 e. The van der Waals surface area contributed by atoms with Crippen LogP contribution in [0.4, 0.5) is 0 Å². The Hall–Kier alpha value is -2.93. The molecule has 0 aliphatic carbocycles. The summed E-state index contributed by atoms with van der Waals surface area (Å²) in [6, 6.07) is 10.3. The summed E-state index contributed by atoms with van der Waals surface area (Å²) in [5.74, 6) is 0.700. The number of piperidine rings is 1. The molecule has 7 nitrogen and oxygen atoms in total. The number of benzene rings is 1. The zero-order valence-electron chi connectivity index (χ0n) is 14.8. The maximum atomic E-state index is 10.4. The lowest BCUT2D eigenvalue weighted by molar-refractivity contribution is 0.130. The van der Waals surface area contributed by atoms with Crippen LogP contribution >= 0.6 is 0 Å². The molecule has 7 heteroatoms. The normalized spacial score (nSPS) is 24.1. The molecule has 0 spiro atoms. The first-order chi connectivity index (χ1) is 13.2. The first-order valence-corrected chi connectivity index (χ1v) is 9.33. The second kappa shape index (κ2) is 6.66. The summed E-state index contributed by atoms with van der Waals surface area (Å²) in [5.41, 5.74) is 3.06. The fourth-order valence-corrected chi connectivity index (χ4v) is 4.14. The highest BCUT2D eigenvalue weighted by Gasteiger charge is 2.34. The molecule has 0 radical (unpaired) electrons. The fraction of sp³-hybridized carbons (Fsp3) is 0.350. The van der Waals surface area contributed by atoms with Crippen LogP contribution in [-0.4, -0.2) is 43.7 Å². The Morgan fingerprint density at radius 2 is 1.85 bits per heavy atom. The molecule has 138 valence electrons. The topological polar surface area (TPSA) is 96.0 Å². The lowest BCUT2D eigenvalue weighted by Gasteiger charge is -2.28. The average Bonchev–Trinajstić information content (AvgIpc) is 3.32. The highest BCUT2D eigenvalue weighted by atomic mass is 16.5. The molecule has 2 aliphatic rings. The number of fused-ring (bicyclic) bond motifs is 2. The zero-order valence-corrected chi connectivity index (χ0v) is 14.8. The molecule has 2 aliphatic heterocycles. The second-order valence-electron chi connectivity index (χ2n) is 7.32. The van der Waals surface area contributed by atoms with E-state index in [1.807, 2.05) is 24.3 Å². The van der Waals surface area contributed by atoms with Gasteiger partial charge in [0.1, 0.15) is 11.9 Å². The molecule has 1 aromatic carbocycles. The molecular formula is C20H21N5O2. The van der Waals surface area contributed by atoms with Crippen LogP contribution in [0.15, 0.2) is 42.7 Å². The number of hydrogen-bond donors (Lipinski definition) is 3. The minimum absolute atomic E-state index is 0.159. The van der Waals surface area contributed by atoms with Crippen molar-refractivity contribution >= 4 is 0 Å². The molecule has 2 saturated heterocycles. The average molecular weight is 363 g/mol. The summed E-state index contributed by atoms with van der Waals surface area (Å²) >= 11 is 0. The third-order valence-corrected chi connectivity index (χ3v) is 5.46. The van der Waals surface area contributed by atoms with Crippen LogP contribution < -0.4 is 10.1 Å². The van der Waals surface area contributed by atoms with Gasteiger partial charge in [0.2, 0.25) is 5.88 Å². The van der Waals surface area contributed by atoms with Crippen molar-refractivity contribution in [3.05, 3.63) is 42.7 Å². The summed E-state index contributed by atoms with van der Waals surface area (Å²) in [6.45, 7) is 0. The standard InChI is InChI=1S/C20H21N5O2/c26-19-7-12(13-10-21-22-11-13)1-4-17(19)18-5-6-20(25-24-18)27-16-8-14-2-3-15(9-16)23-14/h1,4-7,10-11,14-16,23,26H,2-3,8-9H2,(H,21,22)/t14-,15?,16+/m1/s1. The van der Waals surface area contributed by atoms with E-state index in [0.717, 1.165) is 24.0 Å². The minimum atomic E-state index is 0.159. The Morgan fingerprint density at radius 3 is 2.52 bits per heavy atom. The van der Waals surface area contributed by atoms with Gasteiger partial charge >= 0.3 is 0 Å². The van der Waals surface area contributed by atoms with Crippen LogP contribution in [0, 0.1) is 0 Å². The van der Waals surface area contributed by atoms with Gasteiger partial charge in [0.05, 0.1) is 11.9 Å². The quantitative estimate of drug-likeness (QED) is 0.660. The van der Waals surface area contributed by atoms with Gasteiger partial charge in [-0.3, -0.25) is 5.10 Å². The lowest BCUT2D eigenvalue weighted by Crippen LogP contribution is -2.42. The van der Waals surface area contributed by atoms with Crippen LogP contribution in [0.3, 0.4) is 0 Å². The van der Waals surface area contributed by atoms with Gasteiger partial charge in [-0.25, -0.2) is 0 Å². The van der Waals surface area contributed by atoms with E-state index in [1.165, 1.54) is 12.8 Å². The third-order valence-electron chi connectivity index (χ3n) is 5.46. The summed E-state index contributed by atoms with van der Waals surface area (Å²) in [6.07, 6.45) is 8.23. The van der Waals surface area contributed by atoms with E-state index in [0.29, 0.717) is 29.2 Å². The monoisotopic (exact) mass is 363 g/mol. The summed E-state index contributed by atoms with van der Waals surface area (Å²) < 4.78 is 6.04. The highest BCUT2D eigenvalue weighted by molar-refractivity contribution is 5.73. The number of phenolic OH excluding ortho intramolecular Hbond substituents is 1. The van der Waals surface area contributed by atoms with Crippen molar-refractivity contribution in [2.75, 3.05) is 0 Å². The van der Waals surface area contributed by atoms with E-state index >= 15 is 0 Å². The predicted molar refractivity (Wildman–Crippen MR) is 100 cm³/mol. The molecule has 1 unspecified atom stereocenters. The van der Waals surface area contributed by atoms with Gasteiger partial charge in [-0.15, -0.1) is 10.2 Å². The number of nitrogens with zero attached hydrogens (tertiary/aromatic N) is 3. The van der Waals surface area contributed by atoms with Crippen molar-refractivity contribution in [3.63, 3.8) is 0 Å². The van der Waals surface area contributed by atoms with E-state index < -0.39 is 0 Å². The van der Waals surface area contributed by atoms with Gasteiger partial charge < -0.3 is 15.2 Å². The van der Waals surface area contributed by atoms with Gasteiger partial charge in [-0.2, -0.15) is 5.10 Å². The fourth-order valence-electron chi connectivity index (χ4n) is 4.14. The number of aromatic amines is 1. The second-order valence-corrected chi connectivity index (χ2v) is 7.32. The van der Waals surface area contributed by atoms with Crippen LogP contribution in [0.25, 0.3) is 22.4 Å². The lowest BCUT2D eigenvalue weighted by atomic mass is 10.0. The number of aromatic hydroxyl groups is 1. The molecule has 2 aromatic heterocycles. The Balaban J connectivity index is 1.31. The van der Waals surface area contributed by atoms with E-state index in [-0.39, 0.29) is 11.9 Å². The van der Waals surface area contributed by atoms with Crippen LogP contribution in [0.5, 0.6) is 11.6 Å². The van der Waals surface area contributed by atoms with E-state index in [2.05, 4.69) is 25.7 Å². The number of ether oxygens (including phenoxy) is 1. The van der Waals surface area contributed by atoms with Gasteiger partial charge in [0.15, 0.2) is 0 Å². The van der Waals surface area contributed by atoms with Crippen molar-refractivity contribution in [1.29, 1.82) is 0 Å². The number of phenols is 1. The van der Waals surface area contributed by atoms with Crippen LogP contribution in [0.1, 0.15) is 25.7 Å². The number of H-pyrrole nitrogens is 1. The van der Waals surface area contributed by atoms with Crippen LogP contribution in [-0.2, 0) is 0 Å². The van der Waals surface area contributed by atoms with Crippen LogP contribution in [0.2, 0.25) is 0 Å². The Morgan fingerprint density at radius 1 is 1.00 bits per heavy atom. The van der Waals surface area contributed by atoms with Crippen molar-refractivity contribution < 1.29 is 9.84 Å². The Kier molecular flexibility index (Phi) is 4.01. The molecule has 3 N–H and O–H groups in total. The summed E-state index contributed by atoms with van der Waals surface area (Å²) in [4.78, 5) is 0. The molecular weight excluding hydrogens is 342 g/mol. The smallest absolute Gasteiger partial charge is 0.233 e. The van der Waals surface area contributed by atoms with Crippen molar-refractivity contribution in [1.82, 2.24) is 25.7 Å². The first-order valence-electron chi connectivity index (χ1n) is 9.33. The molecule has 2 bridgehead atoms. The summed E-state index contributed by atoms with van der Waals surface area (Å²) in [5, 5.41) is 29.2. The van der Waals surface area contributed by atoms with Gasteiger partial charge in [0.25, 0.3) is 0 Å². The number of hydrogen-bond acceptors (Lipinski definition) is 6. The molecule has 0 saturated carbocycles. The largest absolute Gasteiger partial charge is 0.507 e. The molecule has 27 heavy (non-hydrogen) atoms. The zero-order chi connectivity index (χ0) is 18.2. The van der Waals surface area contributed by atoms with Crippen molar-refractivity contribution in [3.8, 4) is 34.0 Å². The molecule has 3 atom stereocenters. The number of nitrogens with one attached hydrogen (secondary N) is 2. The highest BCUT2D eigenvalue weighted by Crippen LogP contribution is 2.33. The van der Waals surface area contributed by atoms with Crippen molar-refractivity contribution in [2.45, 2.75) is 43.9 Å². The summed E-state index contributed by atoms with van der Waals surface area (Å²) in [7, 11) is 0. The number of rotatable bonds is 4. The molecule has 4 heterocycles. The molecule has 3 aromatic rings. The first kappa shape index (κ1) is 16.3. The molecule has 5 rings (SSSR count). The van der Waals surface area contributed by atoms with Crippen molar-refractivity contribution in [2.24, 2.45) is 0 Å². The SMILES string of the molecule is Oc1cc(-c2cn[nH]c2)ccc1-c1ccc(O[C@@H]2CC3CC[C@H](C2)N3)nn1. The van der Waals surface area contributed by atoms with Gasteiger partial charge in [-0.1, -0.05) is 6.07 Å². The van der Waals surface area contributed by atoms with Gasteiger partial charge in [-0.05, 0) is 49.4 Å².